The molecule has 0 bridgehead atoms. The Bertz CT molecular complexity index is 437. The molecule has 0 aliphatic carbocycles. The summed E-state index contributed by atoms with van der Waals surface area (Å²) in [5.74, 6) is 0.361. The molecule has 84 valence electrons. The molecule has 0 aromatic heterocycles. The summed E-state index contributed by atoms with van der Waals surface area (Å²) < 4.78 is 0. The van der Waals surface area contributed by atoms with Gasteiger partial charge in [0.25, 0.3) is 0 Å². The molecule has 1 aliphatic rings. The predicted octanol–water partition coefficient (Wildman–Crippen LogP) is 1.73. The van der Waals surface area contributed by atoms with E-state index in [1.165, 1.54) is 6.92 Å². The number of hydrogen-bond acceptors (Lipinski definition) is 4. The van der Waals surface area contributed by atoms with Crippen molar-refractivity contribution in [2.45, 2.75) is 26.4 Å². The normalized spacial score (nSPS) is 17.9. The van der Waals surface area contributed by atoms with Crippen LogP contribution in [0.4, 0.5) is 5.69 Å². The second kappa shape index (κ2) is 3.63. The molecule has 4 heteroatoms. The van der Waals surface area contributed by atoms with Crippen molar-refractivity contribution in [1.82, 2.24) is 5.43 Å². The Morgan fingerprint density at radius 3 is 2.44 bits per heavy atom. The fourth-order valence-corrected chi connectivity index (χ4v) is 1.71. The van der Waals surface area contributed by atoms with E-state index in [2.05, 4.69) is 10.4 Å². The topological polar surface area (TPSA) is 44.7 Å². The summed E-state index contributed by atoms with van der Waals surface area (Å²) in [5.41, 5.74) is 3.58. The van der Waals surface area contributed by atoms with Crippen molar-refractivity contribution in [2.24, 2.45) is 4.99 Å². The number of aliphatic imine (C=N–C) groups is 1. The molecule has 0 atom stereocenters. The Hall–Kier alpha value is -1.84. The van der Waals surface area contributed by atoms with Crippen LogP contribution in [0.5, 0.6) is 0 Å². The van der Waals surface area contributed by atoms with E-state index >= 15 is 0 Å². The van der Waals surface area contributed by atoms with E-state index in [9.17, 15) is 4.79 Å². The second-order valence-electron chi connectivity index (χ2n) is 4.29. The highest BCUT2D eigenvalue weighted by atomic mass is 16.1. The first-order valence-corrected chi connectivity index (χ1v) is 5.23. The monoisotopic (exact) mass is 217 g/mol. The Labute approximate surface area is 95.0 Å². The molecule has 0 spiro atoms. The van der Waals surface area contributed by atoms with E-state index in [-0.39, 0.29) is 5.78 Å². The maximum atomic E-state index is 11.3. The Balaban J connectivity index is 2.31. The molecule has 0 saturated carbocycles. The molecular weight excluding hydrogens is 202 g/mol. The summed E-state index contributed by atoms with van der Waals surface area (Å²) in [4.78, 5) is 15.7. The molecule has 1 N–H and O–H groups in total. The SMILES string of the molecule is CC(=O)C1=NC(C)(C)N(c2ccccc2)N1. The molecule has 16 heavy (non-hydrogen) atoms. The summed E-state index contributed by atoms with van der Waals surface area (Å²) >= 11 is 0. The highest BCUT2D eigenvalue weighted by Crippen LogP contribution is 2.26. The molecule has 4 nitrogen and oxygen atoms in total. The average molecular weight is 217 g/mol. The van der Waals surface area contributed by atoms with Gasteiger partial charge in [0.05, 0.1) is 5.69 Å². The smallest absolute Gasteiger partial charge is 0.196 e. The van der Waals surface area contributed by atoms with Gasteiger partial charge >= 0.3 is 0 Å². The quantitative estimate of drug-likeness (QED) is 0.820. The largest absolute Gasteiger partial charge is 0.291 e. The van der Waals surface area contributed by atoms with Gasteiger partial charge in [-0.25, -0.2) is 4.99 Å². The molecular formula is C12H15N3O. The van der Waals surface area contributed by atoms with Crippen molar-refractivity contribution in [3.8, 4) is 0 Å². The third kappa shape index (κ3) is 1.78. The highest BCUT2D eigenvalue weighted by molar-refractivity contribution is 6.38. The van der Waals surface area contributed by atoms with Gasteiger partial charge in [-0.2, -0.15) is 0 Å². The van der Waals surface area contributed by atoms with Gasteiger partial charge in [-0.15, -0.1) is 0 Å². The molecule has 0 fully saturated rings. The van der Waals surface area contributed by atoms with Crippen LogP contribution in [0.2, 0.25) is 0 Å². The van der Waals surface area contributed by atoms with Gasteiger partial charge in [-0.1, -0.05) is 18.2 Å². The molecule has 0 amide bonds. The molecule has 1 heterocycles. The molecule has 1 aromatic carbocycles. The number of ketones is 1. The van der Waals surface area contributed by atoms with Gasteiger partial charge in [-0.05, 0) is 26.0 Å². The number of carbonyl (C=O) groups excluding carboxylic acids is 1. The van der Waals surface area contributed by atoms with Crippen LogP contribution in [0.1, 0.15) is 20.8 Å². The lowest BCUT2D eigenvalue weighted by Gasteiger charge is -2.30. The van der Waals surface area contributed by atoms with Gasteiger partial charge in [0, 0.05) is 6.92 Å². The summed E-state index contributed by atoms with van der Waals surface area (Å²) in [6.45, 7) is 5.43. The van der Waals surface area contributed by atoms with Gasteiger partial charge in [0.15, 0.2) is 11.6 Å². The van der Waals surface area contributed by atoms with Crippen LogP contribution in [0.25, 0.3) is 0 Å². The van der Waals surface area contributed by atoms with Crippen molar-refractivity contribution in [1.29, 1.82) is 0 Å². The first-order chi connectivity index (χ1) is 7.50. The summed E-state index contributed by atoms with van der Waals surface area (Å²) in [7, 11) is 0. The zero-order valence-corrected chi connectivity index (χ0v) is 9.69. The first-order valence-electron chi connectivity index (χ1n) is 5.23. The van der Waals surface area contributed by atoms with Crippen molar-refractivity contribution >= 4 is 17.3 Å². The van der Waals surface area contributed by atoms with Crippen molar-refractivity contribution in [2.75, 3.05) is 5.01 Å². The van der Waals surface area contributed by atoms with Crippen LogP contribution in [-0.2, 0) is 4.79 Å². The third-order valence-electron chi connectivity index (χ3n) is 2.50. The number of nitrogens with zero attached hydrogens (tertiary/aromatic N) is 2. The molecule has 0 radical (unpaired) electrons. The lowest BCUT2D eigenvalue weighted by Crippen LogP contribution is -2.47. The van der Waals surface area contributed by atoms with E-state index in [4.69, 9.17) is 0 Å². The Morgan fingerprint density at radius 1 is 1.31 bits per heavy atom. The minimum Gasteiger partial charge on any atom is -0.291 e. The zero-order chi connectivity index (χ0) is 11.8. The molecule has 0 saturated heterocycles. The van der Waals surface area contributed by atoms with Crippen molar-refractivity contribution in [3.05, 3.63) is 30.3 Å². The van der Waals surface area contributed by atoms with Crippen LogP contribution in [0, 0.1) is 0 Å². The van der Waals surface area contributed by atoms with Gasteiger partial charge in [-0.3, -0.25) is 15.2 Å². The van der Waals surface area contributed by atoms with Crippen LogP contribution in [-0.4, -0.2) is 17.3 Å². The second-order valence-corrected chi connectivity index (χ2v) is 4.29. The average Bonchev–Trinajstić information content (AvgIpc) is 2.56. The molecule has 1 aromatic rings. The number of rotatable bonds is 2. The van der Waals surface area contributed by atoms with Crippen molar-refractivity contribution < 1.29 is 4.79 Å². The van der Waals surface area contributed by atoms with E-state index in [1.54, 1.807) is 0 Å². The lowest BCUT2D eigenvalue weighted by atomic mass is 10.2. The molecule has 1 aliphatic heterocycles. The number of amidine groups is 1. The molecule has 2 rings (SSSR count). The van der Waals surface area contributed by atoms with Gasteiger partial charge in [0.1, 0.15) is 5.66 Å². The van der Waals surface area contributed by atoms with E-state index in [1.807, 2.05) is 49.2 Å². The van der Waals surface area contributed by atoms with E-state index in [0.29, 0.717) is 5.84 Å². The number of hydrogen-bond donors (Lipinski definition) is 1. The Kier molecular flexibility index (Phi) is 2.42. The number of nitrogens with one attached hydrogen (secondary N) is 1. The number of para-hydroxylation sites is 1. The summed E-state index contributed by atoms with van der Waals surface area (Å²) in [6, 6.07) is 9.83. The van der Waals surface area contributed by atoms with E-state index in [0.717, 1.165) is 5.69 Å². The summed E-state index contributed by atoms with van der Waals surface area (Å²) in [5, 5.41) is 1.89. The van der Waals surface area contributed by atoms with E-state index < -0.39 is 5.66 Å². The fourth-order valence-electron chi connectivity index (χ4n) is 1.71. The van der Waals surface area contributed by atoms with Crippen LogP contribution in [0.15, 0.2) is 35.3 Å². The summed E-state index contributed by atoms with van der Waals surface area (Å²) in [6.07, 6.45) is 0. The third-order valence-corrected chi connectivity index (χ3v) is 2.50. The Morgan fingerprint density at radius 2 is 1.94 bits per heavy atom. The minimum atomic E-state index is -0.442. The highest BCUT2D eigenvalue weighted by Gasteiger charge is 2.34. The van der Waals surface area contributed by atoms with Gasteiger partial charge in [0.2, 0.25) is 0 Å². The maximum absolute atomic E-state index is 11.3. The maximum Gasteiger partial charge on any atom is 0.196 e. The number of Topliss-reactive ketones (excluding diaryl/α,β-unsaturated/α-hetero) is 1. The lowest BCUT2D eigenvalue weighted by molar-refractivity contribution is -0.111. The van der Waals surface area contributed by atoms with Crippen LogP contribution >= 0.6 is 0 Å². The first kappa shape index (κ1) is 10.7. The van der Waals surface area contributed by atoms with Crippen LogP contribution in [0.3, 0.4) is 0 Å². The minimum absolute atomic E-state index is 0.0495. The number of benzene rings is 1. The van der Waals surface area contributed by atoms with Crippen molar-refractivity contribution in [3.63, 3.8) is 0 Å². The fraction of sp³-hybridized carbons (Fsp3) is 0.333. The zero-order valence-electron chi connectivity index (χ0n) is 9.69. The number of anilines is 1. The number of hydrazine groups is 1. The number of carbonyl (C=O) groups is 1. The standard InChI is InChI=1S/C12H15N3O/c1-9(16)11-13-12(2,3)15(14-11)10-7-5-4-6-8-10/h4-8H,1-3H3,(H,13,14). The van der Waals surface area contributed by atoms with Gasteiger partial charge < -0.3 is 0 Å². The predicted molar refractivity (Wildman–Crippen MR) is 64.3 cm³/mol. The van der Waals surface area contributed by atoms with Crippen LogP contribution < -0.4 is 10.4 Å². The molecule has 0 unspecified atom stereocenters.